The average Bonchev–Trinajstić information content (AvgIpc) is 3.39. The van der Waals surface area contributed by atoms with Crippen molar-refractivity contribution >= 4 is 17.5 Å². The van der Waals surface area contributed by atoms with Crippen molar-refractivity contribution in [2.75, 3.05) is 26.2 Å². The van der Waals surface area contributed by atoms with E-state index < -0.39 is 0 Å². The first-order valence-electron chi connectivity index (χ1n) is 8.01. The highest BCUT2D eigenvalue weighted by Gasteiger charge is 2.47. The first-order chi connectivity index (χ1) is 10.2. The summed E-state index contributed by atoms with van der Waals surface area (Å²) < 4.78 is 0. The van der Waals surface area contributed by atoms with Gasteiger partial charge in [0.1, 0.15) is 0 Å². The fourth-order valence-corrected chi connectivity index (χ4v) is 3.84. The Hall–Kier alpha value is -1.06. The first kappa shape index (κ1) is 13.6. The van der Waals surface area contributed by atoms with Crippen molar-refractivity contribution in [3.63, 3.8) is 0 Å². The highest BCUT2D eigenvalue weighted by atomic mass is 35.5. The summed E-state index contributed by atoms with van der Waals surface area (Å²) in [5.41, 5.74) is 1.15. The molecule has 112 valence electrons. The largest absolute Gasteiger partial charge is 0.340 e. The molecule has 0 bridgehead atoms. The van der Waals surface area contributed by atoms with Crippen molar-refractivity contribution in [1.29, 1.82) is 0 Å². The molecule has 1 aliphatic heterocycles. The normalized spacial score (nSPS) is 29.5. The van der Waals surface area contributed by atoms with Crippen molar-refractivity contribution in [3.8, 4) is 0 Å². The van der Waals surface area contributed by atoms with Gasteiger partial charge in [0.15, 0.2) is 0 Å². The molecule has 0 spiro atoms. The van der Waals surface area contributed by atoms with E-state index in [9.17, 15) is 4.79 Å². The van der Waals surface area contributed by atoms with Gasteiger partial charge in [-0.25, -0.2) is 0 Å². The number of piperazine rings is 1. The number of nitrogens with zero attached hydrogens (tertiary/aromatic N) is 2. The SMILES string of the molecule is O=C([C@@H]1C[C@@H]1c1ccccc1Cl)N1CCN(C2CC2)CC1. The number of halogens is 1. The van der Waals surface area contributed by atoms with Crippen LogP contribution in [-0.2, 0) is 4.79 Å². The lowest BCUT2D eigenvalue weighted by atomic mass is 10.1. The number of benzene rings is 1. The van der Waals surface area contributed by atoms with Crippen molar-refractivity contribution < 1.29 is 4.79 Å². The van der Waals surface area contributed by atoms with E-state index in [0.29, 0.717) is 11.8 Å². The lowest BCUT2D eigenvalue weighted by Gasteiger charge is -2.35. The van der Waals surface area contributed by atoms with E-state index in [1.807, 2.05) is 18.2 Å². The fraction of sp³-hybridized carbons (Fsp3) is 0.588. The minimum atomic E-state index is 0.164. The van der Waals surface area contributed by atoms with Crippen molar-refractivity contribution in [3.05, 3.63) is 34.9 Å². The van der Waals surface area contributed by atoms with Gasteiger partial charge < -0.3 is 4.90 Å². The monoisotopic (exact) mass is 304 g/mol. The number of carbonyl (C=O) groups excluding carboxylic acids is 1. The van der Waals surface area contributed by atoms with E-state index in [-0.39, 0.29) is 5.92 Å². The molecule has 2 aliphatic carbocycles. The van der Waals surface area contributed by atoms with Gasteiger partial charge in [0.25, 0.3) is 0 Å². The zero-order valence-corrected chi connectivity index (χ0v) is 12.9. The standard InChI is InChI=1S/C17H21ClN2O/c18-16-4-2-1-3-13(16)14-11-15(14)17(21)20-9-7-19(8-10-20)12-5-6-12/h1-4,12,14-15H,5-11H2/t14-,15-/m1/s1. The van der Waals surface area contributed by atoms with E-state index in [0.717, 1.165) is 49.2 Å². The Kier molecular flexibility index (Phi) is 3.43. The van der Waals surface area contributed by atoms with E-state index in [1.54, 1.807) is 0 Å². The number of amides is 1. The minimum absolute atomic E-state index is 0.164. The molecule has 3 aliphatic rings. The molecule has 0 N–H and O–H groups in total. The van der Waals surface area contributed by atoms with Crippen LogP contribution in [0, 0.1) is 5.92 Å². The molecule has 2 saturated carbocycles. The molecule has 0 unspecified atom stereocenters. The Morgan fingerprint density at radius 3 is 2.48 bits per heavy atom. The van der Waals surface area contributed by atoms with Crippen molar-refractivity contribution in [2.45, 2.75) is 31.2 Å². The lowest BCUT2D eigenvalue weighted by Crippen LogP contribution is -2.49. The van der Waals surface area contributed by atoms with Crippen LogP contribution >= 0.6 is 11.6 Å². The zero-order chi connectivity index (χ0) is 14.4. The summed E-state index contributed by atoms with van der Waals surface area (Å²) in [5.74, 6) is 0.848. The van der Waals surface area contributed by atoms with Gasteiger partial charge >= 0.3 is 0 Å². The van der Waals surface area contributed by atoms with Gasteiger partial charge in [0.2, 0.25) is 5.91 Å². The summed E-state index contributed by atoms with van der Waals surface area (Å²) in [7, 11) is 0. The van der Waals surface area contributed by atoms with Crippen LogP contribution in [0.15, 0.2) is 24.3 Å². The van der Waals surface area contributed by atoms with Gasteiger partial charge in [0, 0.05) is 43.2 Å². The highest BCUT2D eigenvalue weighted by Crippen LogP contribution is 2.50. The molecule has 0 aromatic heterocycles. The van der Waals surface area contributed by atoms with Gasteiger partial charge in [-0.2, -0.15) is 0 Å². The van der Waals surface area contributed by atoms with Crippen molar-refractivity contribution in [1.82, 2.24) is 9.80 Å². The van der Waals surface area contributed by atoms with E-state index in [2.05, 4.69) is 15.9 Å². The Balaban J connectivity index is 1.35. The second-order valence-corrected chi connectivity index (χ2v) is 6.97. The number of rotatable bonds is 3. The van der Waals surface area contributed by atoms with Crippen LogP contribution in [0.1, 0.15) is 30.7 Å². The maximum atomic E-state index is 12.6. The lowest BCUT2D eigenvalue weighted by molar-refractivity contribution is -0.134. The fourth-order valence-electron chi connectivity index (χ4n) is 3.57. The van der Waals surface area contributed by atoms with Crippen LogP contribution in [0.2, 0.25) is 5.02 Å². The topological polar surface area (TPSA) is 23.6 Å². The smallest absolute Gasteiger partial charge is 0.226 e. The van der Waals surface area contributed by atoms with Crippen LogP contribution in [0.25, 0.3) is 0 Å². The molecular formula is C17H21ClN2O. The Morgan fingerprint density at radius 1 is 1.10 bits per heavy atom. The van der Waals surface area contributed by atoms with Crippen LogP contribution < -0.4 is 0 Å². The van der Waals surface area contributed by atoms with Gasteiger partial charge in [-0.05, 0) is 36.8 Å². The van der Waals surface area contributed by atoms with Crippen LogP contribution in [0.5, 0.6) is 0 Å². The molecule has 3 fully saturated rings. The minimum Gasteiger partial charge on any atom is -0.340 e. The summed E-state index contributed by atoms with van der Waals surface area (Å²) in [5, 5.41) is 0.802. The molecule has 1 aromatic carbocycles. The molecule has 1 aromatic rings. The van der Waals surface area contributed by atoms with Crippen LogP contribution in [-0.4, -0.2) is 47.9 Å². The molecule has 4 rings (SSSR count). The molecule has 4 heteroatoms. The third-order valence-corrected chi connectivity index (χ3v) is 5.45. The first-order valence-corrected chi connectivity index (χ1v) is 8.39. The molecule has 1 heterocycles. The molecular weight excluding hydrogens is 284 g/mol. The predicted molar refractivity (Wildman–Crippen MR) is 83.5 cm³/mol. The third-order valence-electron chi connectivity index (χ3n) is 5.10. The molecule has 0 radical (unpaired) electrons. The third kappa shape index (κ3) is 2.69. The Bertz CT molecular complexity index is 549. The second-order valence-electron chi connectivity index (χ2n) is 6.56. The second kappa shape index (κ2) is 5.29. The Morgan fingerprint density at radius 2 is 1.81 bits per heavy atom. The highest BCUT2D eigenvalue weighted by molar-refractivity contribution is 6.31. The molecule has 21 heavy (non-hydrogen) atoms. The van der Waals surface area contributed by atoms with Gasteiger partial charge in [0.05, 0.1) is 0 Å². The predicted octanol–water partition coefficient (Wildman–Crippen LogP) is 2.75. The molecule has 1 saturated heterocycles. The quantitative estimate of drug-likeness (QED) is 0.857. The number of hydrogen-bond donors (Lipinski definition) is 0. The summed E-state index contributed by atoms with van der Waals surface area (Å²) >= 11 is 6.24. The average molecular weight is 305 g/mol. The summed E-state index contributed by atoms with van der Waals surface area (Å²) in [6, 6.07) is 8.76. The maximum absolute atomic E-state index is 12.6. The van der Waals surface area contributed by atoms with Gasteiger partial charge in [-0.1, -0.05) is 29.8 Å². The summed E-state index contributed by atoms with van der Waals surface area (Å²) in [4.78, 5) is 17.2. The van der Waals surface area contributed by atoms with Gasteiger partial charge in [-0.3, -0.25) is 9.69 Å². The van der Waals surface area contributed by atoms with Gasteiger partial charge in [-0.15, -0.1) is 0 Å². The summed E-state index contributed by atoms with van der Waals surface area (Å²) in [6.45, 7) is 3.92. The van der Waals surface area contributed by atoms with E-state index in [1.165, 1.54) is 12.8 Å². The van der Waals surface area contributed by atoms with E-state index >= 15 is 0 Å². The van der Waals surface area contributed by atoms with Crippen molar-refractivity contribution in [2.24, 2.45) is 5.92 Å². The molecule has 1 amide bonds. The zero-order valence-electron chi connectivity index (χ0n) is 12.2. The van der Waals surface area contributed by atoms with E-state index in [4.69, 9.17) is 11.6 Å². The van der Waals surface area contributed by atoms with Crippen LogP contribution in [0.3, 0.4) is 0 Å². The number of carbonyl (C=O) groups is 1. The summed E-state index contributed by atoms with van der Waals surface area (Å²) in [6.07, 6.45) is 3.67. The maximum Gasteiger partial charge on any atom is 0.226 e. The van der Waals surface area contributed by atoms with Crippen LogP contribution in [0.4, 0.5) is 0 Å². The Labute approximate surface area is 130 Å². The molecule has 2 atom stereocenters. The number of hydrogen-bond acceptors (Lipinski definition) is 2. The molecule has 3 nitrogen and oxygen atoms in total.